The van der Waals surface area contributed by atoms with Gasteiger partial charge in [-0.3, -0.25) is 19.1 Å². The van der Waals surface area contributed by atoms with Crippen LogP contribution in [-0.2, 0) is 6.54 Å². The molecular weight excluding hydrogens is 352 g/mol. The highest BCUT2D eigenvalue weighted by molar-refractivity contribution is 7.98. The molecule has 0 saturated heterocycles. The molecule has 0 saturated carbocycles. The molecule has 0 amide bonds. The molecule has 0 atom stereocenters. The summed E-state index contributed by atoms with van der Waals surface area (Å²) in [6.45, 7) is 2.50. The number of hydrogen-bond acceptors (Lipinski definition) is 5. The van der Waals surface area contributed by atoms with Crippen LogP contribution in [0.3, 0.4) is 0 Å². The van der Waals surface area contributed by atoms with Crippen LogP contribution >= 0.6 is 23.4 Å². The molecule has 1 aliphatic heterocycles. The Labute approximate surface area is 147 Å². The maximum atomic E-state index is 12.9. The van der Waals surface area contributed by atoms with Crippen molar-refractivity contribution in [2.24, 2.45) is 0 Å². The van der Waals surface area contributed by atoms with E-state index in [1.54, 1.807) is 13.2 Å². The SMILES string of the molecule is CCn1[nH]cc(C(=O)c2cc(Cl)c3c(c2SC)C(=O)CCO3)c1=O. The number of nitrogens with one attached hydrogen (secondary N) is 1. The molecule has 0 unspecified atom stereocenters. The molecule has 1 aromatic carbocycles. The third-order valence-electron chi connectivity index (χ3n) is 3.89. The third-order valence-corrected chi connectivity index (χ3v) is 5.00. The average molecular weight is 367 g/mol. The second-order valence-corrected chi connectivity index (χ2v) is 6.45. The van der Waals surface area contributed by atoms with Crippen molar-refractivity contribution in [3.8, 4) is 5.75 Å². The molecule has 8 heteroatoms. The standard InChI is InChI=1S/C16H15ClN2O4S/c1-3-19-16(22)9(7-18-19)13(21)8-6-10(17)14-12(15(8)24-2)11(20)4-5-23-14/h6-7,18H,3-5H2,1-2H3. The molecule has 0 spiro atoms. The predicted molar refractivity (Wildman–Crippen MR) is 91.8 cm³/mol. The summed E-state index contributed by atoms with van der Waals surface area (Å²) in [6, 6.07) is 1.47. The normalized spacial score (nSPS) is 13.5. The first-order valence-electron chi connectivity index (χ1n) is 7.39. The van der Waals surface area contributed by atoms with Crippen LogP contribution in [0.15, 0.2) is 22.0 Å². The summed E-state index contributed by atoms with van der Waals surface area (Å²) in [6.07, 6.45) is 3.38. The number of Topliss-reactive ketones (excluding diaryl/α,β-unsaturated/α-hetero) is 1. The zero-order valence-electron chi connectivity index (χ0n) is 13.1. The minimum Gasteiger partial charge on any atom is -0.491 e. The van der Waals surface area contributed by atoms with Crippen molar-refractivity contribution in [1.82, 2.24) is 9.78 Å². The van der Waals surface area contributed by atoms with Crippen LogP contribution in [0.4, 0.5) is 0 Å². The molecular formula is C16H15ClN2O4S. The summed E-state index contributed by atoms with van der Waals surface area (Å²) in [4.78, 5) is 37.9. The van der Waals surface area contributed by atoms with Gasteiger partial charge in [-0.25, -0.2) is 0 Å². The van der Waals surface area contributed by atoms with E-state index in [-0.39, 0.29) is 35.0 Å². The molecule has 0 aliphatic carbocycles. The summed E-state index contributed by atoms with van der Waals surface area (Å²) >= 11 is 7.48. The fourth-order valence-electron chi connectivity index (χ4n) is 2.71. The number of benzene rings is 1. The van der Waals surface area contributed by atoms with Gasteiger partial charge >= 0.3 is 0 Å². The lowest BCUT2D eigenvalue weighted by Gasteiger charge is -2.21. The summed E-state index contributed by atoms with van der Waals surface area (Å²) in [5.41, 5.74) is 0.193. The lowest BCUT2D eigenvalue weighted by atomic mass is 9.98. The number of halogens is 1. The zero-order chi connectivity index (χ0) is 17.4. The molecule has 2 aromatic rings. The topological polar surface area (TPSA) is 81.2 Å². The van der Waals surface area contributed by atoms with Crippen molar-refractivity contribution in [2.75, 3.05) is 12.9 Å². The molecule has 1 N–H and O–H groups in total. The first kappa shape index (κ1) is 16.9. The Balaban J connectivity index is 2.21. The first-order chi connectivity index (χ1) is 11.5. The lowest BCUT2D eigenvalue weighted by Crippen LogP contribution is -2.23. The van der Waals surface area contributed by atoms with Crippen molar-refractivity contribution in [1.29, 1.82) is 0 Å². The van der Waals surface area contributed by atoms with Crippen LogP contribution in [0.2, 0.25) is 5.02 Å². The molecule has 6 nitrogen and oxygen atoms in total. The Morgan fingerprint density at radius 2 is 2.17 bits per heavy atom. The Kier molecular flexibility index (Phi) is 4.56. The number of nitrogens with zero attached hydrogens (tertiary/aromatic N) is 1. The number of ether oxygens (including phenoxy) is 1. The monoisotopic (exact) mass is 366 g/mol. The second kappa shape index (κ2) is 6.49. The fraction of sp³-hybridized carbons (Fsp3) is 0.312. The number of H-pyrrole nitrogens is 1. The van der Waals surface area contributed by atoms with Gasteiger partial charge in [0.25, 0.3) is 5.56 Å². The van der Waals surface area contributed by atoms with E-state index in [0.29, 0.717) is 22.8 Å². The van der Waals surface area contributed by atoms with Crippen LogP contribution in [0.5, 0.6) is 5.75 Å². The number of ketones is 2. The number of aryl methyl sites for hydroxylation is 1. The number of aromatic nitrogens is 2. The van der Waals surface area contributed by atoms with Gasteiger partial charge in [-0.05, 0) is 19.2 Å². The Morgan fingerprint density at radius 3 is 2.79 bits per heavy atom. The Morgan fingerprint density at radius 1 is 1.42 bits per heavy atom. The van der Waals surface area contributed by atoms with Crippen LogP contribution in [0.1, 0.15) is 39.6 Å². The highest BCUT2D eigenvalue weighted by Crippen LogP contribution is 2.41. The van der Waals surface area contributed by atoms with Crippen LogP contribution in [0, 0.1) is 0 Å². The average Bonchev–Trinajstić information content (AvgIpc) is 2.95. The molecule has 0 fully saturated rings. The van der Waals surface area contributed by atoms with E-state index in [4.69, 9.17) is 16.3 Å². The fourth-order valence-corrected chi connectivity index (χ4v) is 3.75. The van der Waals surface area contributed by atoms with E-state index in [1.807, 2.05) is 0 Å². The smallest absolute Gasteiger partial charge is 0.277 e. The van der Waals surface area contributed by atoms with Gasteiger partial charge in [0.15, 0.2) is 5.78 Å². The summed E-state index contributed by atoms with van der Waals surface area (Å²) in [7, 11) is 0. The molecule has 24 heavy (non-hydrogen) atoms. The maximum Gasteiger partial charge on any atom is 0.277 e. The van der Waals surface area contributed by atoms with Crippen molar-refractivity contribution in [2.45, 2.75) is 24.8 Å². The summed E-state index contributed by atoms with van der Waals surface area (Å²) in [5.74, 6) is -0.262. The largest absolute Gasteiger partial charge is 0.491 e. The molecule has 0 radical (unpaired) electrons. The Hall–Kier alpha value is -1.99. The van der Waals surface area contributed by atoms with Gasteiger partial charge in [-0.1, -0.05) is 11.6 Å². The predicted octanol–water partition coefficient (Wildman–Crippen LogP) is 2.77. The number of carbonyl (C=O) groups is 2. The molecule has 2 heterocycles. The zero-order valence-corrected chi connectivity index (χ0v) is 14.7. The molecule has 1 aliphatic rings. The summed E-state index contributed by atoms with van der Waals surface area (Å²) < 4.78 is 6.84. The lowest BCUT2D eigenvalue weighted by molar-refractivity contribution is 0.0929. The van der Waals surface area contributed by atoms with Crippen molar-refractivity contribution < 1.29 is 14.3 Å². The number of fused-ring (bicyclic) bond motifs is 1. The van der Waals surface area contributed by atoms with Crippen molar-refractivity contribution in [3.63, 3.8) is 0 Å². The molecule has 1 aromatic heterocycles. The van der Waals surface area contributed by atoms with E-state index in [2.05, 4.69) is 5.10 Å². The maximum absolute atomic E-state index is 12.9. The molecule has 126 valence electrons. The van der Waals surface area contributed by atoms with E-state index >= 15 is 0 Å². The minimum absolute atomic E-state index is 0.0207. The van der Waals surface area contributed by atoms with Crippen LogP contribution in [0.25, 0.3) is 0 Å². The number of rotatable bonds is 4. The van der Waals surface area contributed by atoms with Gasteiger partial charge in [0, 0.05) is 29.6 Å². The van der Waals surface area contributed by atoms with E-state index in [1.165, 1.54) is 28.7 Å². The van der Waals surface area contributed by atoms with Crippen molar-refractivity contribution >= 4 is 34.9 Å². The van der Waals surface area contributed by atoms with Gasteiger partial charge in [-0.2, -0.15) is 0 Å². The van der Waals surface area contributed by atoms with E-state index < -0.39 is 11.3 Å². The number of carbonyl (C=O) groups excluding carboxylic acids is 2. The van der Waals surface area contributed by atoms with Gasteiger partial charge in [-0.15, -0.1) is 11.8 Å². The Bertz CT molecular complexity index is 900. The second-order valence-electron chi connectivity index (χ2n) is 5.23. The van der Waals surface area contributed by atoms with Gasteiger partial charge in [0.1, 0.15) is 11.3 Å². The minimum atomic E-state index is -0.462. The third kappa shape index (κ3) is 2.57. The van der Waals surface area contributed by atoms with Gasteiger partial charge in [0.05, 0.1) is 17.2 Å². The number of hydrogen-bond donors (Lipinski definition) is 1. The highest BCUT2D eigenvalue weighted by Gasteiger charge is 2.30. The molecule has 0 bridgehead atoms. The number of thioether (sulfide) groups is 1. The molecule has 3 rings (SSSR count). The quantitative estimate of drug-likeness (QED) is 0.664. The van der Waals surface area contributed by atoms with Crippen LogP contribution < -0.4 is 10.3 Å². The van der Waals surface area contributed by atoms with Crippen LogP contribution in [-0.4, -0.2) is 34.2 Å². The number of aromatic amines is 1. The first-order valence-corrected chi connectivity index (χ1v) is 8.99. The van der Waals surface area contributed by atoms with E-state index in [0.717, 1.165) is 0 Å². The van der Waals surface area contributed by atoms with Gasteiger partial charge in [0.2, 0.25) is 5.78 Å². The summed E-state index contributed by atoms with van der Waals surface area (Å²) in [5, 5.41) is 2.95. The highest BCUT2D eigenvalue weighted by atomic mass is 35.5. The van der Waals surface area contributed by atoms with E-state index in [9.17, 15) is 14.4 Å². The van der Waals surface area contributed by atoms with Crippen molar-refractivity contribution in [3.05, 3.63) is 44.3 Å². The van der Waals surface area contributed by atoms with Gasteiger partial charge < -0.3 is 9.84 Å².